The molecule has 0 unspecified atom stereocenters. The molecule has 1 aliphatic rings. The van der Waals surface area contributed by atoms with Crippen LogP contribution in [0.5, 0.6) is 0 Å². The number of rotatable bonds is 6. The van der Waals surface area contributed by atoms with Crippen LogP contribution in [-0.2, 0) is 35.6 Å². The minimum atomic E-state index is -3.51. The van der Waals surface area contributed by atoms with Crippen molar-refractivity contribution in [2.75, 3.05) is 19.7 Å². The van der Waals surface area contributed by atoms with E-state index in [0.717, 1.165) is 19.3 Å². The van der Waals surface area contributed by atoms with Crippen LogP contribution >= 0.6 is 0 Å². The van der Waals surface area contributed by atoms with Gasteiger partial charge in [0.2, 0.25) is 15.9 Å². The van der Waals surface area contributed by atoms with Gasteiger partial charge in [0.05, 0.1) is 11.3 Å². The van der Waals surface area contributed by atoms with Crippen molar-refractivity contribution in [3.63, 3.8) is 0 Å². The molecule has 1 aromatic rings. The Kier molecular flexibility index (Phi) is 7.31. The van der Waals surface area contributed by atoms with Gasteiger partial charge in [-0.3, -0.25) is 25.2 Å². The van der Waals surface area contributed by atoms with E-state index < -0.39 is 34.4 Å². The molecule has 0 radical (unpaired) electrons. The Labute approximate surface area is 158 Å². The average Bonchev–Trinajstić information content (AvgIpc) is 2.66. The van der Waals surface area contributed by atoms with Gasteiger partial charge in [-0.15, -0.1) is 0 Å². The molecule has 0 bridgehead atoms. The Morgan fingerprint density at radius 1 is 1.04 bits per heavy atom. The van der Waals surface area contributed by atoms with Gasteiger partial charge in [-0.2, -0.15) is 4.31 Å². The molecule has 2 amide bonds. The van der Waals surface area contributed by atoms with Crippen molar-refractivity contribution in [3.05, 3.63) is 29.8 Å². The van der Waals surface area contributed by atoms with Gasteiger partial charge in [0.1, 0.15) is 0 Å². The normalized spacial score (nSPS) is 15.0. The highest BCUT2D eigenvalue weighted by molar-refractivity contribution is 7.89. The van der Waals surface area contributed by atoms with Gasteiger partial charge >= 0.3 is 5.97 Å². The standard InChI is InChI=1S/C17H23N3O6S/c1-13(21)18-19-16(22)12-26-17(23)11-14-5-7-15(8-6-14)27(24,25)20-9-3-2-4-10-20/h5-8H,2-4,9-12H2,1H3,(H,18,21)(H,19,22). The molecule has 1 aromatic carbocycles. The first-order chi connectivity index (χ1) is 12.8. The van der Waals surface area contributed by atoms with E-state index in [-0.39, 0.29) is 11.3 Å². The Morgan fingerprint density at radius 2 is 1.67 bits per heavy atom. The van der Waals surface area contributed by atoms with Crippen LogP contribution in [0.1, 0.15) is 31.7 Å². The van der Waals surface area contributed by atoms with E-state index in [9.17, 15) is 22.8 Å². The van der Waals surface area contributed by atoms with E-state index in [1.807, 2.05) is 0 Å². The Balaban J connectivity index is 1.86. The second-order valence-electron chi connectivity index (χ2n) is 6.18. The summed E-state index contributed by atoms with van der Waals surface area (Å²) in [5.74, 6) is -1.75. The number of benzene rings is 1. The lowest BCUT2D eigenvalue weighted by molar-refractivity contribution is -0.148. The van der Waals surface area contributed by atoms with E-state index in [2.05, 4.69) is 10.9 Å². The zero-order valence-corrected chi connectivity index (χ0v) is 15.9. The summed E-state index contributed by atoms with van der Waals surface area (Å²) in [6.07, 6.45) is 2.66. The number of nitrogens with one attached hydrogen (secondary N) is 2. The number of piperidine rings is 1. The van der Waals surface area contributed by atoms with E-state index in [1.54, 1.807) is 12.1 Å². The second kappa shape index (κ2) is 9.47. The van der Waals surface area contributed by atoms with Gasteiger partial charge in [0, 0.05) is 20.0 Å². The minimum Gasteiger partial charge on any atom is -0.455 e. The molecule has 1 aliphatic heterocycles. The number of sulfonamides is 1. The van der Waals surface area contributed by atoms with Crippen LogP contribution in [0.3, 0.4) is 0 Å². The zero-order chi connectivity index (χ0) is 19.9. The predicted molar refractivity (Wildman–Crippen MR) is 95.7 cm³/mol. The van der Waals surface area contributed by atoms with Crippen molar-refractivity contribution in [1.29, 1.82) is 0 Å². The largest absolute Gasteiger partial charge is 0.455 e. The summed E-state index contributed by atoms with van der Waals surface area (Å²) in [6.45, 7) is 1.75. The van der Waals surface area contributed by atoms with Gasteiger partial charge in [-0.1, -0.05) is 18.6 Å². The summed E-state index contributed by atoms with van der Waals surface area (Å²) >= 11 is 0. The number of esters is 1. The van der Waals surface area contributed by atoms with Gasteiger partial charge in [-0.25, -0.2) is 8.42 Å². The first kappa shape index (κ1) is 20.8. The van der Waals surface area contributed by atoms with Crippen molar-refractivity contribution in [1.82, 2.24) is 15.2 Å². The van der Waals surface area contributed by atoms with E-state index >= 15 is 0 Å². The van der Waals surface area contributed by atoms with Crippen LogP contribution in [0.25, 0.3) is 0 Å². The highest BCUT2D eigenvalue weighted by atomic mass is 32.2. The quantitative estimate of drug-likeness (QED) is 0.519. The molecule has 27 heavy (non-hydrogen) atoms. The number of hydrogen-bond acceptors (Lipinski definition) is 6. The molecule has 0 aromatic heterocycles. The maximum atomic E-state index is 12.6. The van der Waals surface area contributed by atoms with Gasteiger partial charge in [-0.05, 0) is 30.5 Å². The number of ether oxygens (including phenoxy) is 1. The molecule has 9 nitrogen and oxygen atoms in total. The highest BCUT2D eigenvalue weighted by Gasteiger charge is 2.25. The Hall–Kier alpha value is -2.46. The summed E-state index contributed by atoms with van der Waals surface area (Å²) in [5.41, 5.74) is 4.71. The molecule has 0 saturated carbocycles. The predicted octanol–water partition coefficient (Wildman–Crippen LogP) is 0.114. The van der Waals surface area contributed by atoms with Crippen molar-refractivity contribution in [3.8, 4) is 0 Å². The summed E-state index contributed by atoms with van der Waals surface area (Å²) in [5, 5.41) is 0. The summed E-state index contributed by atoms with van der Waals surface area (Å²) in [4.78, 5) is 33.9. The van der Waals surface area contributed by atoms with Crippen molar-refractivity contribution >= 4 is 27.8 Å². The number of carbonyl (C=O) groups excluding carboxylic acids is 3. The van der Waals surface area contributed by atoms with Crippen molar-refractivity contribution in [2.24, 2.45) is 0 Å². The molecule has 1 fully saturated rings. The zero-order valence-electron chi connectivity index (χ0n) is 15.1. The molecular formula is C17H23N3O6S. The highest BCUT2D eigenvalue weighted by Crippen LogP contribution is 2.21. The van der Waals surface area contributed by atoms with Crippen LogP contribution in [0.2, 0.25) is 0 Å². The average molecular weight is 397 g/mol. The van der Waals surface area contributed by atoms with Crippen LogP contribution in [0.4, 0.5) is 0 Å². The summed E-state index contributed by atoms with van der Waals surface area (Å²) in [7, 11) is -3.51. The number of amides is 2. The topological polar surface area (TPSA) is 122 Å². The Bertz CT molecular complexity index is 785. The van der Waals surface area contributed by atoms with Crippen LogP contribution in [-0.4, -0.2) is 50.2 Å². The SMILES string of the molecule is CC(=O)NNC(=O)COC(=O)Cc1ccc(S(=O)(=O)N2CCCCC2)cc1. The maximum Gasteiger partial charge on any atom is 0.310 e. The number of nitrogens with zero attached hydrogens (tertiary/aromatic N) is 1. The van der Waals surface area contributed by atoms with Gasteiger partial charge in [0.25, 0.3) is 5.91 Å². The molecule has 1 saturated heterocycles. The smallest absolute Gasteiger partial charge is 0.310 e. The van der Waals surface area contributed by atoms with E-state index in [4.69, 9.17) is 4.74 Å². The van der Waals surface area contributed by atoms with Crippen LogP contribution < -0.4 is 10.9 Å². The van der Waals surface area contributed by atoms with Gasteiger partial charge in [0.15, 0.2) is 6.61 Å². The lowest BCUT2D eigenvalue weighted by atomic mass is 10.1. The summed E-state index contributed by atoms with van der Waals surface area (Å²) < 4.78 is 31.4. The third kappa shape index (κ3) is 6.33. The fourth-order valence-electron chi connectivity index (χ4n) is 2.59. The first-order valence-corrected chi connectivity index (χ1v) is 10.0. The maximum absolute atomic E-state index is 12.6. The second-order valence-corrected chi connectivity index (χ2v) is 8.11. The molecule has 2 N–H and O–H groups in total. The van der Waals surface area contributed by atoms with Crippen molar-refractivity contribution < 1.29 is 27.5 Å². The molecule has 10 heteroatoms. The first-order valence-electron chi connectivity index (χ1n) is 8.59. The lowest BCUT2D eigenvalue weighted by Gasteiger charge is -2.25. The number of carbonyl (C=O) groups is 3. The molecular weight excluding hydrogens is 374 g/mol. The monoisotopic (exact) mass is 397 g/mol. The molecule has 148 valence electrons. The molecule has 2 rings (SSSR count). The third-order valence-corrected chi connectivity index (χ3v) is 5.88. The summed E-state index contributed by atoms with van der Waals surface area (Å²) in [6, 6.07) is 6.04. The molecule has 0 aliphatic carbocycles. The van der Waals surface area contributed by atoms with Gasteiger partial charge < -0.3 is 4.74 Å². The van der Waals surface area contributed by atoms with Crippen LogP contribution in [0.15, 0.2) is 29.2 Å². The van der Waals surface area contributed by atoms with Crippen LogP contribution in [0, 0.1) is 0 Å². The fourth-order valence-corrected chi connectivity index (χ4v) is 4.11. The molecule has 1 heterocycles. The number of hydrogen-bond donors (Lipinski definition) is 2. The van der Waals surface area contributed by atoms with E-state index in [0.29, 0.717) is 18.7 Å². The molecule has 0 atom stereocenters. The third-order valence-electron chi connectivity index (χ3n) is 3.97. The minimum absolute atomic E-state index is 0.0997. The van der Waals surface area contributed by atoms with Crippen molar-refractivity contribution in [2.45, 2.75) is 37.5 Å². The van der Waals surface area contributed by atoms with E-state index in [1.165, 1.54) is 23.4 Å². The lowest BCUT2D eigenvalue weighted by Crippen LogP contribution is -2.42. The molecule has 0 spiro atoms. The fraction of sp³-hybridized carbons (Fsp3) is 0.471. The number of hydrazine groups is 1. The Morgan fingerprint density at radius 3 is 2.26 bits per heavy atom.